The van der Waals surface area contributed by atoms with Crippen LogP contribution >= 0.6 is 15.6 Å². The first kappa shape index (κ1) is 14.0. The Labute approximate surface area is 81.2 Å². The molecule has 0 aliphatic rings. The molecule has 0 rings (SSSR count). The van der Waals surface area contributed by atoms with E-state index in [1.807, 2.05) is 0 Å². The lowest BCUT2D eigenvalue weighted by Gasteiger charge is -2.35. The fourth-order valence-electron chi connectivity index (χ4n) is 0.478. The summed E-state index contributed by atoms with van der Waals surface area (Å²) in [7, 11) is -10.6. The Balaban J connectivity index is 4.03. The van der Waals surface area contributed by atoms with E-state index in [0.717, 1.165) is 0 Å². The first-order chi connectivity index (χ1) is 6.12. The molecule has 0 aliphatic carbocycles. The van der Waals surface area contributed by atoms with E-state index in [9.17, 15) is 23.8 Å². The second kappa shape index (κ2) is 5.19. The quantitative estimate of drug-likeness (QED) is 0.445. The maximum absolute atomic E-state index is 10.6. The first-order valence-corrected chi connectivity index (χ1v) is 6.38. The molecule has 9 heteroatoms. The van der Waals surface area contributed by atoms with Crippen LogP contribution in [0.4, 0.5) is 0 Å². The molecule has 0 aromatic carbocycles. The Morgan fingerprint density at radius 2 is 1.86 bits per heavy atom. The number of hydrogen-bond donors (Lipinski definition) is 0. The van der Waals surface area contributed by atoms with E-state index in [0.29, 0.717) is 5.57 Å². The van der Waals surface area contributed by atoms with Crippen LogP contribution in [0, 0.1) is 0 Å². The van der Waals surface area contributed by atoms with Gasteiger partial charge in [0.05, 0.1) is 14.4 Å². The smallest absolute Gasteiger partial charge is 0.271 e. The number of rotatable bonds is 6. The summed E-state index contributed by atoms with van der Waals surface area (Å²) in [5.74, 6) is 0. The molecule has 0 spiro atoms. The van der Waals surface area contributed by atoms with Crippen molar-refractivity contribution in [3.8, 4) is 0 Å². The van der Waals surface area contributed by atoms with Crippen LogP contribution < -0.4 is 14.7 Å². The monoisotopic (exact) mass is 243 g/mol. The minimum Gasteiger partial charge on any atom is -0.790 e. The van der Waals surface area contributed by atoms with Gasteiger partial charge in [0.25, 0.3) is 7.82 Å². The van der Waals surface area contributed by atoms with Crippen molar-refractivity contribution >= 4 is 15.6 Å². The molecular weight excluding hydrogens is 234 g/mol. The van der Waals surface area contributed by atoms with E-state index < -0.39 is 15.6 Å². The zero-order chi connectivity index (χ0) is 11.4. The second-order valence-electron chi connectivity index (χ2n) is 2.52. The molecule has 0 saturated heterocycles. The van der Waals surface area contributed by atoms with E-state index >= 15 is 0 Å². The molecule has 84 valence electrons. The molecule has 0 N–H and O–H groups in total. The zero-order valence-electron chi connectivity index (χ0n) is 7.37. The molecule has 14 heavy (non-hydrogen) atoms. The third-order valence-electron chi connectivity index (χ3n) is 0.978. The van der Waals surface area contributed by atoms with Crippen LogP contribution in [-0.4, -0.2) is 6.61 Å². The predicted molar refractivity (Wildman–Crippen MR) is 41.7 cm³/mol. The maximum atomic E-state index is 10.6. The summed E-state index contributed by atoms with van der Waals surface area (Å²) >= 11 is 0. The largest absolute Gasteiger partial charge is 0.790 e. The van der Waals surface area contributed by atoms with E-state index in [1.54, 1.807) is 6.92 Å². The Hall–Kier alpha value is -0.0000000000000000416. The van der Waals surface area contributed by atoms with E-state index in [4.69, 9.17) is 0 Å². The van der Waals surface area contributed by atoms with Gasteiger partial charge in [0.2, 0.25) is 0 Å². The zero-order valence-corrected chi connectivity index (χ0v) is 9.16. The molecular formula is C5H9O7P2-3. The van der Waals surface area contributed by atoms with Crippen LogP contribution in [0.15, 0.2) is 12.2 Å². The van der Waals surface area contributed by atoms with Crippen LogP contribution in [0.2, 0.25) is 0 Å². The van der Waals surface area contributed by atoms with Gasteiger partial charge in [-0.25, -0.2) is 0 Å². The summed E-state index contributed by atoms with van der Waals surface area (Å²) in [5, 5.41) is 0. The van der Waals surface area contributed by atoms with Crippen molar-refractivity contribution in [2.45, 2.75) is 13.3 Å². The molecule has 0 heterocycles. The third-order valence-corrected chi connectivity index (χ3v) is 3.08. The summed E-state index contributed by atoms with van der Waals surface area (Å²) < 4.78 is 27.8. The van der Waals surface area contributed by atoms with E-state index in [-0.39, 0.29) is 13.0 Å². The molecule has 0 bridgehead atoms. The molecule has 0 radical (unpaired) electrons. The van der Waals surface area contributed by atoms with Gasteiger partial charge in [-0.3, -0.25) is 8.88 Å². The van der Waals surface area contributed by atoms with Crippen molar-refractivity contribution in [1.82, 2.24) is 0 Å². The highest BCUT2D eigenvalue weighted by Crippen LogP contribution is 2.50. The van der Waals surface area contributed by atoms with Gasteiger partial charge in [0, 0.05) is 0 Å². The molecule has 0 saturated carbocycles. The lowest BCUT2D eigenvalue weighted by molar-refractivity contribution is -0.339. The van der Waals surface area contributed by atoms with E-state index in [1.165, 1.54) is 0 Å². The highest BCUT2D eigenvalue weighted by Gasteiger charge is 2.10. The number of hydrogen-bond acceptors (Lipinski definition) is 7. The molecule has 0 fully saturated rings. The van der Waals surface area contributed by atoms with Gasteiger partial charge in [-0.15, -0.1) is 6.58 Å². The molecule has 1 atom stereocenters. The average Bonchev–Trinajstić information content (AvgIpc) is 1.78. The van der Waals surface area contributed by atoms with Crippen LogP contribution in [0.1, 0.15) is 13.3 Å². The lowest BCUT2D eigenvalue weighted by Crippen LogP contribution is -2.19. The standard InChI is InChI=1S/C5H12O7P2/c1-5(2)3-4-11-14(9,10)12-13(6,7)8/h1,3-4H2,2H3,(H,9,10)(H2,6,7,8)/p-3. The van der Waals surface area contributed by atoms with E-state index in [2.05, 4.69) is 15.4 Å². The third kappa shape index (κ3) is 8.59. The van der Waals surface area contributed by atoms with Crippen molar-refractivity contribution in [2.75, 3.05) is 6.61 Å². The molecule has 0 aromatic heterocycles. The predicted octanol–water partition coefficient (Wildman–Crippen LogP) is -0.717. The highest BCUT2D eigenvalue weighted by molar-refractivity contribution is 7.58. The highest BCUT2D eigenvalue weighted by atomic mass is 31.3. The average molecular weight is 243 g/mol. The van der Waals surface area contributed by atoms with Gasteiger partial charge >= 0.3 is 0 Å². The van der Waals surface area contributed by atoms with Crippen molar-refractivity contribution in [3.63, 3.8) is 0 Å². The maximum Gasteiger partial charge on any atom is 0.271 e. The Morgan fingerprint density at radius 1 is 1.36 bits per heavy atom. The Morgan fingerprint density at radius 3 is 2.21 bits per heavy atom. The summed E-state index contributed by atoms with van der Waals surface area (Å²) in [6.45, 7) is 4.78. The van der Waals surface area contributed by atoms with Gasteiger partial charge < -0.3 is 23.8 Å². The lowest BCUT2D eigenvalue weighted by atomic mass is 10.3. The molecule has 1 unspecified atom stereocenters. The fraction of sp³-hybridized carbons (Fsp3) is 0.600. The summed E-state index contributed by atoms with van der Waals surface area (Å²) in [6, 6.07) is 0. The van der Waals surface area contributed by atoms with Crippen molar-refractivity contribution < 1.29 is 32.6 Å². The molecule has 0 amide bonds. The number of phosphoric acid groups is 2. The van der Waals surface area contributed by atoms with Gasteiger partial charge in [-0.05, 0) is 13.3 Å². The van der Waals surface area contributed by atoms with Crippen LogP contribution in [-0.2, 0) is 18.0 Å². The Bertz CT molecular complexity index is 292. The molecule has 7 nitrogen and oxygen atoms in total. The van der Waals surface area contributed by atoms with Gasteiger partial charge in [-0.1, -0.05) is 5.57 Å². The number of phosphoric ester groups is 1. The SMILES string of the molecule is C=C(C)CCOP(=O)([O-])OP(=O)([O-])[O-]. The van der Waals surface area contributed by atoms with Crippen molar-refractivity contribution in [1.29, 1.82) is 0 Å². The topological polar surface area (TPSA) is 122 Å². The summed E-state index contributed by atoms with van der Waals surface area (Å²) in [5.41, 5.74) is 0.650. The second-order valence-corrected chi connectivity index (χ2v) is 5.22. The minimum atomic E-state index is -5.57. The van der Waals surface area contributed by atoms with Crippen molar-refractivity contribution in [3.05, 3.63) is 12.2 Å². The molecule has 0 aliphatic heterocycles. The minimum absolute atomic E-state index is 0.220. The van der Waals surface area contributed by atoms with Gasteiger partial charge in [-0.2, -0.15) is 0 Å². The van der Waals surface area contributed by atoms with Crippen LogP contribution in [0.25, 0.3) is 0 Å². The fourth-order valence-corrected chi connectivity index (χ4v) is 1.96. The molecule has 0 aromatic rings. The van der Waals surface area contributed by atoms with Gasteiger partial charge in [0.1, 0.15) is 0 Å². The van der Waals surface area contributed by atoms with Crippen LogP contribution in [0.5, 0.6) is 0 Å². The van der Waals surface area contributed by atoms with Crippen LogP contribution in [0.3, 0.4) is 0 Å². The van der Waals surface area contributed by atoms with Gasteiger partial charge in [0.15, 0.2) is 0 Å². The van der Waals surface area contributed by atoms with Crippen molar-refractivity contribution in [2.24, 2.45) is 0 Å². The summed E-state index contributed by atoms with van der Waals surface area (Å²) in [6.07, 6.45) is 0.220. The Kier molecular flexibility index (Phi) is 5.19. The first-order valence-electron chi connectivity index (χ1n) is 3.46. The summed E-state index contributed by atoms with van der Waals surface area (Å²) in [4.78, 5) is 30.5. The normalized spacial score (nSPS) is 16.3.